The molecule has 0 radical (unpaired) electrons. The highest BCUT2D eigenvalue weighted by Gasteiger charge is 2.36. The second-order valence-corrected chi connectivity index (χ2v) is 10.1. The van der Waals surface area contributed by atoms with Crippen LogP contribution in [0.5, 0.6) is 5.88 Å². The molecule has 0 spiro atoms. The number of carbonyl (C=O) groups is 1. The number of thiazole rings is 1. The zero-order valence-electron chi connectivity index (χ0n) is 18.2. The Morgan fingerprint density at radius 1 is 1.29 bits per heavy atom. The maximum atomic E-state index is 14.7. The first-order valence-corrected chi connectivity index (χ1v) is 12.6. The van der Waals surface area contributed by atoms with Crippen LogP contribution in [0.3, 0.4) is 0 Å². The molecule has 4 rings (SSSR count). The average Bonchev–Trinajstić information content (AvgIpc) is 3.58. The van der Waals surface area contributed by atoms with Gasteiger partial charge in [-0.05, 0) is 25.8 Å². The van der Waals surface area contributed by atoms with Crippen molar-refractivity contribution in [3.8, 4) is 17.1 Å². The third-order valence-corrected chi connectivity index (χ3v) is 7.47. The molecule has 3 heterocycles. The monoisotopic (exact) mass is 508 g/mol. The highest BCUT2D eigenvalue weighted by atomic mass is 32.2. The number of carbonyl (C=O) groups excluding carboxylic acids is 1. The summed E-state index contributed by atoms with van der Waals surface area (Å²) in [7, 11) is -2.20. The maximum absolute atomic E-state index is 14.7. The minimum Gasteiger partial charge on any atom is -0.477 e. The highest BCUT2D eigenvalue weighted by molar-refractivity contribution is 7.93. The molecule has 1 atom stereocenters. The third-order valence-electron chi connectivity index (χ3n) is 4.74. The molecular formula is C20H21FN6O5S2. The molecule has 1 aliphatic rings. The van der Waals surface area contributed by atoms with E-state index in [1.165, 1.54) is 31.1 Å². The Morgan fingerprint density at radius 3 is 2.76 bits per heavy atom. The van der Waals surface area contributed by atoms with Crippen molar-refractivity contribution in [3.05, 3.63) is 41.5 Å². The lowest BCUT2D eigenvalue weighted by atomic mass is 10.2. The molecule has 11 nitrogen and oxygen atoms in total. The molecule has 0 aliphatic heterocycles. The predicted molar refractivity (Wildman–Crippen MR) is 122 cm³/mol. The van der Waals surface area contributed by atoms with Gasteiger partial charge in [0.2, 0.25) is 15.9 Å². The number of nitrogens with zero attached hydrogens (tertiary/aromatic N) is 4. The Labute approximate surface area is 198 Å². The van der Waals surface area contributed by atoms with Gasteiger partial charge < -0.3 is 14.8 Å². The second-order valence-electron chi connectivity index (χ2n) is 7.26. The largest absolute Gasteiger partial charge is 0.477 e. The lowest BCUT2D eigenvalue weighted by Crippen LogP contribution is -2.24. The van der Waals surface area contributed by atoms with Gasteiger partial charge in [0.25, 0.3) is 5.91 Å². The van der Waals surface area contributed by atoms with Crippen molar-refractivity contribution in [2.45, 2.75) is 31.1 Å². The van der Waals surface area contributed by atoms with Crippen molar-refractivity contribution in [1.82, 2.24) is 19.9 Å². The van der Waals surface area contributed by atoms with Gasteiger partial charge in [-0.1, -0.05) is 0 Å². The average molecular weight is 509 g/mol. The molecular weight excluding hydrogens is 487 g/mol. The van der Waals surface area contributed by atoms with Gasteiger partial charge in [0.15, 0.2) is 22.9 Å². The van der Waals surface area contributed by atoms with Crippen LogP contribution in [-0.4, -0.2) is 53.2 Å². The Morgan fingerprint density at radius 2 is 2.09 bits per heavy atom. The molecule has 14 heteroatoms. The van der Waals surface area contributed by atoms with Gasteiger partial charge in [0, 0.05) is 24.3 Å². The van der Waals surface area contributed by atoms with Crippen LogP contribution in [-0.2, 0) is 19.6 Å². The van der Waals surface area contributed by atoms with E-state index in [0.29, 0.717) is 36.6 Å². The molecule has 3 aromatic heterocycles. The Balaban J connectivity index is 1.46. The van der Waals surface area contributed by atoms with Crippen molar-refractivity contribution in [3.63, 3.8) is 0 Å². The van der Waals surface area contributed by atoms with Crippen LogP contribution in [0.4, 0.5) is 15.3 Å². The molecule has 34 heavy (non-hydrogen) atoms. The number of aromatic nitrogens is 4. The van der Waals surface area contributed by atoms with Gasteiger partial charge in [-0.3, -0.25) is 14.5 Å². The number of hydrogen-bond donors (Lipinski definition) is 2. The zero-order chi connectivity index (χ0) is 24.3. The van der Waals surface area contributed by atoms with Crippen LogP contribution < -0.4 is 14.8 Å². The van der Waals surface area contributed by atoms with E-state index in [-0.39, 0.29) is 16.6 Å². The first-order valence-electron chi connectivity index (χ1n) is 10.2. The van der Waals surface area contributed by atoms with Crippen molar-refractivity contribution in [1.29, 1.82) is 0 Å². The number of methoxy groups -OCH3 is 1. The van der Waals surface area contributed by atoms with Crippen LogP contribution in [0.2, 0.25) is 0 Å². The Kier molecular flexibility index (Phi) is 7.00. The van der Waals surface area contributed by atoms with E-state index >= 15 is 0 Å². The zero-order valence-corrected chi connectivity index (χ0v) is 19.8. The summed E-state index contributed by atoms with van der Waals surface area (Å²) in [6.07, 6.45) is 4.24. The fourth-order valence-electron chi connectivity index (χ4n) is 2.96. The highest BCUT2D eigenvalue weighted by Crippen LogP contribution is 2.32. The summed E-state index contributed by atoms with van der Waals surface area (Å²) < 4.78 is 51.8. The van der Waals surface area contributed by atoms with Gasteiger partial charge >= 0.3 is 0 Å². The number of amides is 1. The van der Waals surface area contributed by atoms with Crippen LogP contribution in [0, 0.1) is 5.82 Å². The van der Waals surface area contributed by atoms with Crippen molar-refractivity contribution >= 4 is 38.2 Å². The van der Waals surface area contributed by atoms with Crippen molar-refractivity contribution < 1.29 is 27.1 Å². The molecule has 1 aliphatic carbocycles. The number of hydrogen-bond acceptors (Lipinski definition) is 10. The lowest BCUT2D eigenvalue weighted by molar-refractivity contribution is -0.126. The van der Waals surface area contributed by atoms with E-state index in [9.17, 15) is 17.6 Å². The smallest absolute Gasteiger partial charge is 0.261 e. The fourth-order valence-corrected chi connectivity index (χ4v) is 5.28. The van der Waals surface area contributed by atoms with Gasteiger partial charge in [-0.2, -0.15) is 0 Å². The second kappa shape index (κ2) is 9.95. The maximum Gasteiger partial charge on any atom is 0.261 e. The molecule has 1 fully saturated rings. The minimum absolute atomic E-state index is 0.126. The van der Waals surface area contributed by atoms with Crippen LogP contribution >= 0.6 is 11.3 Å². The minimum atomic E-state index is -3.49. The SMILES string of the molecule is CCOc1cncc(-c2cnc(NC(=O)C(OC)c3csc(NS(=O)(=O)C4CC4)n3)c(F)c2)n1. The van der Waals surface area contributed by atoms with Gasteiger partial charge in [0.05, 0.1) is 35.6 Å². The molecule has 0 saturated heterocycles. The standard InChI is InChI=1S/C20H21FN6O5S2/c1-3-32-16-9-22-8-14(24-16)11-6-13(21)18(23-7-11)26-19(28)17(31-2)15-10-33-20(25-15)27-34(29,30)12-4-5-12/h6-10,12,17H,3-5H2,1-2H3,(H,25,27)(H,23,26,28). The number of ether oxygens (including phenoxy) is 2. The molecule has 0 aromatic carbocycles. The summed E-state index contributed by atoms with van der Waals surface area (Å²) in [4.78, 5) is 29.1. The summed E-state index contributed by atoms with van der Waals surface area (Å²) in [5.74, 6) is -1.53. The normalized spacial score (nSPS) is 14.4. The van der Waals surface area contributed by atoms with E-state index in [0.717, 1.165) is 17.4 Å². The molecule has 1 amide bonds. The molecule has 1 unspecified atom stereocenters. The number of pyridine rings is 1. The van der Waals surface area contributed by atoms with Crippen LogP contribution in [0.25, 0.3) is 11.3 Å². The number of nitrogens with one attached hydrogen (secondary N) is 2. The summed E-state index contributed by atoms with van der Waals surface area (Å²) in [6.45, 7) is 2.21. The topological polar surface area (TPSA) is 145 Å². The summed E-state index contributed by atoms with van der Waals surface area (Å²) in [5.41, 5.74) is 0.882. The quantitative estimate of drug-likeness (QED) is 0.422. The number of anilines is 2. The lowest BCUT2D eigenvalue weighted by Gasteiger charge is -2.13. The van der Waals surface area contributed by atoms with Crippen LogP contribution in [0.15, 0.2) is 30.0 Å². The van der Waals surface area contributed by atoms with Gasteiger partial charge in [-0.15, -0.1) is 11.3 Å². The molecule has 3 aromatic rings. The fraction of sp³-hybridized carbons (Fsp3) is 0.350. The molecule has 1 saturated carbocycles. The van der Waals surface area contributed by atoms with E-state index in [1.54, 1.807) is 6.92 Å². The van der Waals surface area contributed by atoms with Crippen molar-refractivity contribution in [2.24, 2.45) is 0 Å². The third kappa shape index (κ3) is 5.46. The van der Waals surface area contributed by atoms with E-state index < -0.39 is 33.1 Å². The molecule has 0 bridgehead atoms. The van der Waals surface area contributed by atoms with Gasteiger partial charge in [0.1, 0.15) is 0 Å². The predicted octanol–water partition coefficient (Wildman–Crippen LogP) is 2.76. The summed E-state index contributed by atoms with van der Waals surface area (Å²) in [5, 5.41) is 3.58. The van der Waals surface area contributed by atoms with Crippen LogP contribution in [0.1, 0.15) is 31.6 Å². The van der Waals surface area contributed by atoms with Gasteiger partial charge in [-0.25, -0.2) is 27.8 Å². The first kappa shape index (κ1) is 23.9. The van der Waals surface area contributed by atoms with E-state index in [2.05, 4.69) is 30.0 Å². The summed E-state index contributed by atoms with van der Waals surface area (Å²) in [6, 6.07) is 1.16. The van der Waals surface area contributed by atoms with E-state index in [4.69, 9.17) is 9.47 Å². The van der Waals surface area contributed by atoms with E-state index in [1.807, 2.05) is 0 Å². The number of halogens is 1. The number of rotatable bonds is 10. The number of sulfonamides is 1. The molecule has 2 N–H and O–H groups in total. The Hall–Kier alpha value is -3.23. The summed E-state index contributed by atoms with van der Waals surface area (Å²) >= 11 is 1.02. The molecule has 180 valence electrons. The first-order chi connectivity index (χ1) is 16.3. The van der Waals surface area contributed by atoms with Crippen molar-refractivity contribution in [2.75, 3.05) is 23.8 Å². The Bertz CT molecular complexity index is 1300.